The van der Waals surface area contributed by atoms with E-state index in [0.29, 0.717) is 11.3 Å². The van der Waals surface area contributed by atoms with Crippen molar-refractivity contribution in [1.82, 2.24) is 20.3 Å². The van der Waals surface area contributed by atoms with Crippen LogP contribution in [0.25, 0.3) is 11.3 Å². The topological polar surface area (TPSA) is 113 Å². The van der Waals surface area contributed by atoms with E-state index < -0.39 is 6.03 Å². The average Bonchev–Trinajstić information content (AvgIpc) is 3.23. The van der Waals surface area contributed by atoms with Gasteiger partial charge in [0.15, 0.2) is 0 Å². The summed E-state index contributed by atoms with van der Waals surface area (Å²) in [5.41, 5.74) is 3.75. The van der Waals surface area contributed by atoms with Crippen molar-refractivity contribution in [2.24, 2.45) is 4.99 Å². The number of hydrogen-bond donors (Lipinski definition) is 1. The standard InChI is InChI=1S/C20H16N6O2S/c1-11-16(17(26-19(27)24-11)14-8-22-20(28-2)23-9-14)18-25-15(10-29-18)13-5-3-12(7-21)4-6-13/h3-6,8-10,16-17H,1-2H3,(H,26,27). The fraction of sp³-hybridized carbons (Fsp3) is 0.200. The van der Waals surface area contributed by atoms with Crippen molar-refractivity contribution in [3.63, 3.8) is 0 Å². The highest BCUT2D eigenvalue weighted by Gasteiger charge is 2.35. The van der Waals surface area contributed by atoms with Crippen molar-refractivity contribution in [3.05, 3.63) is 58.2 Å². The van der Waals surface area contributed by atoms with Crippen molar-refractivity contribution in [2.45, 2.75) is 18.9 Å². The molecule has 0 bridgehead atoms. The molecule has 2 atom stereocenters. The van der Waals surface area contributed by atoms with Gasteiger partial charge in [-0.05, 0) is 19.1 Å². The third-order valence-electron chi connectivity index (χ3n) is 4.63. The van der Waals surface area contributed by atoms with Crippen LogP contribution >= 0.6 is 11.3 Å². The van der Waals surface area contributed by atoms with Crippen LogP contribution < -0.4 is 10.1 Å². The highest BCUT2D eigenvalue weighted by molar-refractivity contribution is 7.10. The van der Waals surface area contributed by atoms with Gasteiger partial charge in [0, 0.05) is 34.6 Å². The molecular weight excluding hydrogens is 388 g/mol. The van der Waals surface area contributed by atoms with Crippen LogP contribution in [0.4, 0.5) is 4.79 Å². The summed E-state index contributed by atoms with van der Waals surface area (Å²) in [7, 11) is 1.50. The molecule has 0 saturated heterocycles. The first-order valence-corrected chi connectivity index (χ1v) is 9.64. The van der Waals surface area contributed by atoms with E-state index >= 15 is 0 Å². The maximum absolute atomic E-state index is 12.0. The SMILES string of the molecule is COc1ncc(C2NC(=O)N=C(C)C2c2nc(-c3ccc(C#N)cc3)cs2)cn1. The lowest BCUT2D eigenvalue weighted by molar-refractivity contribution is 0.242. The Hall–Kier alpha value is -3.64. The van der Waals surface area contributed by atoms with Gasteiger partial charge < -0.3 is 10.1 Å². The predicted octanol–water partition coefficient (Wildman–Crippen LogP) is 3.49. The summed E-state index contributed by atoms with van der Waals surface area (Å²) in [5, 5.41) is 14.6. The lowest BCUT2D eigenvalue weighted by atomic mass is 9.90. The summed E-state index contributed by atoms with van der Waals surface area (Å²) < 4.78 is 5.02. The molecule has 29 heavy (non-hydrogen) atoms. The van der Waals surface area contributed by atoms with E-state index in [1.807, 2.05) is 24.4 Å². The van der Waals surface area contributed by atoms with E-state index in [-0.39, 0.29) is 18.0 Å². The molecule has 1 aliphatic rings. The largest absolute Gasteiger partial charge is 0.467 e. The molecule has 0 aliphatic carbocycles. The summed E-state index contributed by atoms with van der Waals surface area (Å²) >= 11 is 1.50. The molecule has 0 fully saturated rings. The number of carbonyl (C=O) groups excluding carboxylic acids is 1. The summed E-state index contributed by atoms with van der Waals surface area (Å²) in [6, 6.07) is 8.85. The van der Waals surface area contributed by atoms with Gasteiger partial charge in [-0.2, -0.15) is 5.26 Å². The van der Waals surface area contributed by atoms with Crippen molar-refractivity contribution >= 4 is 23.1 Å². The van der Waals surface area contributed by atoms with Gasteiger partial charge in [-0.25, -0.2) is 24.7 Å². The molecule has 2 unspecified atom stereocenters. The minimum atomic E-state index is -0.400. The molecule has 1 aliphatic heterocycles. The van der Waals surface area contributed by atoms with Gasteiger partial charge in [0.1, 0.15) is 5.01 Å². The highest BCUT2D eigenvalue weighted by Crippen LogP contribution is 2.37. The number of rotatable bonds is 4. The number of carbonyl (C=O) groups is 1. The van der Waals surface area contributed by atoms with Crippen LogP contribution in [0.1, 0.15) is 35.0 Å². The Morgan fingerprint density at radius 3 is 2.59 bits per heavy atom. The van der Waals surface area contributed by atoms with Gasteiger partial charge in [-0.1, -0.05) is 12.1 Å². The normalized spacial score (nSPS) is 18.5. The summed E-state index contributed by atoms with van der Waals surface area (Å²) in [5.74, 6) is -0.234. The average molecular weight is 404 g/mol. The maximum atomic E-state index is 12.0. The minimum Gasteiger partial charge on any atom is -0.467 e. The van der Waals surface area contributed by atoms with E-state index in [1.54, 1.807) is 24.5 Å². The summed E-state index contributed by atoms with van der Waals surface area (Å²) in [6.45, 7) is 1.82. The molecule has 2 aromatic heterocycles. The smallest absolute Gasteiger partial charge is 0.341 e. The summed E-state index contributed by atoms with van der Waals surface area (Å²) in [6.07, 6.45) is 3.27. The second-order valence-corrected chi connectivity index (χ2v) is 7.31. The fourth-order valence-corrected chi connectivity index (χ4v) is 4.21. The van der Waals surface area contributed by atoms with Crippen LogP contribution in [0.3, 0.4) is 0 Å². The third-order valence-corrected chi connectivity index (χ3v) is 5.56. The lowest BCUT2D eigenvalue weighted by Crippen LogP contribution is -2.38. The first-order chi connectivity index (χ1) is 14.1. The Bertz CT molecular complexity index is 1120. The molecule has 9 heteroatoms. The lowest BCUT2D eigenvalue weighted by Gasteiger charge is -2.29. The number of ether oxygens (including phenoxy) is 1. The molecule has 4 rings (SSSR count). The zero-order valence-corrected chi connectivity index (χ0v) is 16.5. The number of nitrogens with one attached hydrogen (secondary N) is 1. The Morgan fingerprint density at radius 1 is 1.21 bits per heavy atom. The van der Waals surface area contributed by atoms with Gasteiger partial charge in [-0.3, -0.25) is 0 Å². The molecule has 1 aromatic carbocycles. The Balaban J connectivity index is 1.70. The van der Waals surface area contributed by atoms with Crippen LogP contribution in [-0.2, 0) is 0 Å². The minimum absolute atomic E-state index is 0.234. The molecule has 1 N–H and O–H groups in total. The molecule has 8 nitrogen and oxygen atoms in total. The zero-order chi connectivity index (χ0) is 20.4. The first kappa shape index (κ1) is 18.7. The molecule has 0 saturated carbocycles. The van der Waals surface area contributed by atoms with Crippen LogP contribution in [0.2, 0.25) is 0 Å². The van der Waals surface area contributed by atoms with Gasteiger partial charge in [0.25, 0.3) is 0 Å². The number of thiazole rings is 1. The molecular formula is C20H16N6O2S. The van der Waals surface area contributed by atoms with Crippen molar-refractivity contribution in [3.8, 4) is 23.3 Å². The van der Waals surface area contributed by atoms with Crippen LogP contribution in [0.15, 0.2) is 47.0 Å². The maximum Gasteiger partial charge on any atom is 0.341 e. The number of nitriles is 1. The predicted molar refractivity (Wildman–Crippen MR) is 108 cm³/mol. The van der Waals surface area contributed by atoms with Gasteiger partial charge in [-0.15, -0.1) is 11.3 Å². The molecule has 0 radical (unpaired) electrons. The number of benzene rings is 1. The Labute approximate surface area is 171 Å². The van der Waals surface area contributed by atoms with E-state index in [4.69, 9.17) is 15.0 Å². The Morgan fingerprint density at radius 2 is 1.93 bits per heavy atom. The number of nitrogens with zero attached hydrogens (tertiary/aromatic N) is 5. The van der Waals surface area contributed by atoms with Crippen LogP contribution in [0, 0.1) is 11.3 Å². The Kier molecular flexibility index (Phi) is 5.01. The van der Waals surface area contributed by atoms with E-state index in [9.17, 15) is 4.79 Å². The van der Waals surface area contributed by atoms with Crippen molar-refractivity contribution < 1.29 is 9.53 Å². The second-order valence-electron chi connectivity index (χ2n) is 6.42. The van der Waals surface area contributed by atoms with Gasteiger partial charge >= 0.3 is 12.0 Å². The second kappa shape index (κ2) is 7.77. The van der Waals surface area contributed by atoms with E-state index in [1.165, 1.54) is 18.4 Å². The molecule has 2 amide bonds. The quantitative estimate of drug-likeness (QED) is 0.712. The number of methoxy groups -OCH3 is 1. The number of aliphatic imine (C=N–C) groups is 1. The number of amides is 2. The fourth-order valence-electron chi connectivity index (χ4n) is 3.19. The molecule has 0 spiro atoms. The van der Waals surface area contributed by atoms with Gasteiger partial charge in [0.05, 0.1) is 36.4 Å². The molecule has 3 heterocycles. The zero-order valence-electron chi connectivity index (χ0n) is 15.7. The van der Waals surface area contributed by atoms with Crippen LogP contribution in [-0.4, -0.2) is 33.8 Å². The third kappa shape index (κ3) is 3.70. The monoisotopic (exact) mass is 404 g/mol. The van der Waals surface area contributed by atoms with Crippen molar-refractivity contribution in [1.29, 1.82) is 5.26 Å². The van der Waals surface area contributed by atoms with Crippen molar-refractivity contribution in [2.75, 3.05) is 7.11 Å². The molecule has 3 aromatic rings. The number of aromatic nitrogens is 3. The molecule has 144 valence electrons. The highest BCUT2D eigenvalue weighted by atomic mass is 32.1. The number of hydrogen-bond acceptors (Lipinski definition) is 7. The summed E-state index contributed by atoms with van der Waals surface area (Å²) in [4.78, 5) is 29.2. The van der Waals surface area contributed by atoms with E-state index in [2.05, 4.69) is 26.3 Å². The first-order valence-electron chi connectivity index (χ1n) is 8.76. The van der Waals surface area contributed by atoms with E-state index in [0.717, 1.165) is 21.8 Å². The van der Waals surface area contributed by atoms with Gasteiger partial charge in [0.2, 0.25) is 0 Å². The number of urea groups is 1. The van der Waals surface area contributed by atoms with Crippen LogP contribution in [0.5, 0.6) is 6.01 Å².